The third-order valence-electron chi connectivity index (χ3n) is 3.78. The smallest absolute Gasteiger partial charge is 0.370 e. The molecule has 1 fully saturated rings. The van der Waals surface area contributed by atoms with Gasteiger partial charge in [-0.05, 0) is 44.5 Å². The Morgan fingerprint density at radius 3 is 2.44 bits per heavy atom. The number of hydrogen-bond acceptors (Lipinski definition) is 6. The molecule has 0 aromatic heterocycles. The molecule has 0 N–H and O–H groups in total. The number of rotatable bonds is 5. The molecule has 2 atom stereocenters. The highest BCUT2D eigenvalue weighted by molar-refractivity contribution is 7.54. The van der Waals surface area contributed by atoms with E-state index in [1.54, 1.807) is 25.1 Å². The Balaban J connectivity index is 1.95. The van der Waals surface area contributed by atoms with Gasteiger partial charge in [-0.1, -0.05) is 25.4 Å². The molecule has 0 radical (unpaired) electrons. The summed E-state index contributed by atoms with van der Waals surface area (Å²) in [5.74, 6) is -1.12. The zero-order chi connectivity index (χ0) is 18.8. The van der Waals surface area contributed by atoms with Gasteiger partial charge in [-0.3, -0.25) is 4.57 Å². The highest BCUT2D eigenvalue weighted by Crippen LogP contribution is 2.57. The predicted octanol–water partition coefficient (Wildman–Crippen LogP) is 4.57. The quantitative estimate of drug-likeness (QED) is 0.541. The van der Waals surface area contributed by atoms with Gasteiger partial charge in [-0.25, -0.2) is 4.79 Å². The molecule has 1 heterocycles. The Morgan fingerprint density at radius 2 is 1.88 bits per heavy atom. The molecule has 8 heteroatoms. The fourth-order valence-corrected chi connectivity index (χ4v) is 4.14. The summed E-state index contributed by atoms with van der Waals surface area (Å²) in [5.41, 5.74) is 0.578. The summed E-state index contributed by atoms with van der Waals surface area (Å²) < 4.78 is 34.3. The van der Waals surface area contributed by atoms with E-state index in [2.05, 4.69) is 0 Å². The highest BCUT2D eigenvalue weighted by atomic mass is 35.5. The van der Waals surface area contributed by atoms with Gasteiger partial charge < -0.3 is 18.5 Å². The molecule has 0 saturated carbocycles. The van der Waals surface area contributed by atoms with Crippen molar-refractivity contribution in [3.8, 4) is 5.75 Å². The van der Waals surface area contributed by atoms with Crippen LogP contribution in [0.4, 0.5) is 0 Å². The summed E-state index contributed by atoms with van der Waals surface area (Å²) in [4.78, 5) is 12.2. The van der Waals surface area contributed by atoms with E-state index >= 15 is 0 Å². The van der Waals surface area contributed by atoms with Crippen LogP contribution in [0.3, 0.4) is 0 Å². The number of carbonyl (C=O) groups excluding carboxylic acids is 1. The topological polar surface area (TPSA) is 71.1 Å². The first-order chi connectivity index (χ1) is 11.5. The zero-order valence-electron chi connectivity index (χ0n) is 15.1. The zero-order valence-corrected chi connectivity index (χ0v) is 16.7. The summed E-state index contributed by atoms with van der Waals surface area (Å²) in [6, 6.07) is 5.10. The molecule has 1 aliphatic rings. The van der Waals surface area contributed by atoms with Crippen LogP contribution in [0.5, 0.6) is 5.75 Å². The molecule has 0 amide bonds. The van der Waals surface area contributed by atoms with Gasteiger partial charge >= 0.3 is 13.6 Å². The van der Waals surface area contributed by atoms with Gasteiger partial charge in [0, 0.05) is 10.4 Å². The SMILES string of the molecule is Cc1cc(Cl)ccc1OC(C)C(=O)OC(C)P1(=O)OCC(C)(C)CO1. The molecular weight excluding hydrogens is 367 g/mol. The Hall–Kier alpha value is -1.07. The van der Waals surface area contributed by atoms with Crippen LogP contribution < -0.4 is 4.74 Å². The van der Waals surface area contributed by atoms with Gasteiger partial charge in [-0.2, -0.15) is 0 Å². The van der Waals surface area contributed by atoms with Crippen molar-refractivity contribution in [2.75, 3.05) is 13.2 Å². The van der Waals surface area contributed by atoms with E-state index in [0.717, 1.165) is 5.56 Å². The Labute approximate surface area is 153 Å². The molecule has 0 bridgehead atoms. The van der Waals surface area contributed by atoms with E-state index in [-0.39, 0.29) is 18.6 Å². The molecule has 0 aliphatic carbocycles. The number of halogens is 1. The van der Waals surface area contributed by atoms with Crippen LogP contribution in [0.1, 0.15) is 33.3 Å². The second kappa shape index (κ2) is 7.67. The lowest BCUT2D eigenvalue weighted by molar-refractivity contribution is -0.153. The predicted molar refractivity (Wildman–Crippen MR) is 95.1 cm³/mol. The first-order valence-corrected chi connectivity index (χ1v) is 10.0. The number of ether oxygens (including phenoxy) is 2. The molecule has 2 rings (SSSR count). The standard InChI is InChI=1S/C17H24ClO6P/c1-11-8-14(18)6-7-15(11)23-12(2)16(19)24-13(3)25(20)21-9-17(4,5)10-22-25/h6-8,12-13H,9-10H2,1-5H3. The van der Waals surface area contributed by atoms with Crippen molar-refractivity contribution in [3.63, 3.8) is 0 Å². The summed E-state index contributed by atoms with van der Waals surface area (Å²) in [6.07, 6.45) is -0.879. The highest BCUT2D eigenvalue weighted by Gasteiger charge is 2.43. The van der Waals surface area contributed by atoms with Crippen molar-refractivity contribution in [3.05, 3.63) is 28.8 Å². The van der Waals surface area contributed by atoms with E-state index < -0.39 is 25.5 Å². The van der Waals surface area contributed by atoms with E-state index in [0.29, 0.717) is 10.8 Å². The van der Waals surface area contributed by atoms with Gasteiger partial charge in [0.05, 0.1) is 13.2 Å². The maximum Gasteiger partial charge on any atom is 0.370 e. The van der Waals surface area contributed by atoms with Crippen molar-refractivity contribution in [1.82, 2.24) is 0 Å². The minimum absolute atomic E-state index is 0.222. The van der Waals surface area contributed by atoms with Gasteiger partial charge in [0.25, 0.3) is 0 Å². The molecule has 1 aliphatic heterocycles. The lowest BCUT2D eigenvalue weighted by Gasteiger charge is -2.36. The van der Waals surface area contributed by atoms with Crippen LogP contribution >= 0.6 is 19.2 Å². The summed E-state index contributed by atoms with van der Waals surface area (Å²) in [5, 5.41) is 0.585. The van der Waals surface area contributed by atoms with Crippen LogP contribution in [-0.2, 0) is 23.1 Å². The molecule has 1 aromatic carbocycles. The maximum atomic E-state index is 12.7. The first-order valence-electron chi connectivity index (χ1n) is 8.04. The number of hydrogen-bond donors (Lipinski definition) is 0. The average molecular weight is 391 g/mol. The largest absolute Gasteiger partial charge is 0.479 e. The molecule has 0 spiro atoms. The van der Waals surface area contributed by atoms with Gasteiger partial charge in [0.2, 0.25) is 0 Å². The second-order valence-corrected chi connectivity index (χ2v) is 9.72. The summed E-state index contributed by atoms with van der Waals surface area (Å²) in [6.45, 7) is 9.33. The van der Waals surface area contributed by atoms with Crippen LogP contribution in [-0.4, -0.2) is 31.1 Å². The monoisotopic (exact) mass is 390 g/mol. The van der Waals surface area contributed by atoms with E-state index in [9.17, 15) is 9.36 Å². The molecule has 6 nitrogen and oxygen atoms in total. The lowest BCUT2D eigenvalue weighted by atomic mass is 9.97. The summed E-state index contributed by atoms with van der Waals surface area (Å²) in [7, 11) is -3.49. The van der Waals surface area contributed by atoms with E-state index in [1.165, 1.54) is 6.92 Å². The van der Waals surface area contributed by atoms with Gasteiger partial charge in [0.15, 0.2) is 11.9 Å². The Kier molecular flexibility index (Phi) is 6.21. The Morgan fingerprint density at radius 1 is 1.28 bits per heavy atom. The number of benzene rings is 1. The Bertz CT molecular complexity index is 676. The van der Waals surface area contributed by atoms with Gasteiger partial charge in [0.1, 0.15) is 5.75 Å². The number of carbonyl (C=O) groups is 1. The third-order valence-corrected chi connectivity index (χ3v) is 5.98. The van der Waals surface area contributed by atoms with Crippen LogP contribution in [0.25, 0.3) is 0 Å². The van der Waals surface area contributed by atoms with Crippen LogP contribution in [0.15, 0.2) is 18.2 Å². The van der Waals surface area contributed by atoms with Crippen molar-refractivity contribution >= 4 is 25.2 Å². The van der Waals surface area contributed by atoms with Crippen molar-refractivity contribution in [1.29, 1.82) is 0 Å². The van der Waals surface area contributed by atoms with E-state index in [1.807, 2.05) is 20.8 Å². The van der Waals surface area contributed by atoms with Crippen molar-refractivity contribution in [2.45, 2.75) is 46.6 Å². The van der Waals surface area contributed by atoms with Crippen molar-refractivity contribution < 1.29 is 27.9 Å². The fourth-order valence-electron chi connectivity index (χ4n) is 2.13. The normalized spacial score (nSPS) is 21.2. The van der Waals surface area contributed by atoms with Crippen LogP contribution in [0, 0.1) is 12.3 Å². The first kappa shape index (κ1) is 20.2. The third kappa shape index (κ3) is 5.20. The van der Waals surface area contributed by atoms with Crippen molar-refractivity contribution in [2.24, 2.45) is 5.41 Å². The summed E-state index contributed by atoms with van der Waals surface area (Å²) >= 11 is 5.90. The lowest BCUT2D eigenvalue weighted by Crippen LogP contribution is -2.34. The average Bonchev–Trinajstić information content (AvgIpc) is 2.53. The molecule has 2 unspecified atom stereocenters. The molecule has 1 saturated heterocycles. The van der Waals surface area contributed by atoms with E-state index in [4.69, 9.17) is 30.1 Å². The van der Waals surface area contributed by atoms with Gasteiger partial charge in [-0.15, -0.1) is 0 Å². The molecule has 140 valence electrons. The number of esters is 1. The molecule has 25 heavy (non-hydrogen) atoms. The second-order valence-electron chi connectivity index (χ2n) is 6.96. The van der Waals surface area contributed by atoms with Crippen LogP contribution in [0.2, 0.25) is 5.02 Å². The molecule has 1 aromatic rings. The molecular formula is C17H24ClO6P. The minimum Gasteiger partial charge on any atom is -0.479 e. The fraction of sp³-hybridized carbons (Fsp3) is 0.588. The minimum atomic E-state index is -3.49. The maximum absolute atomic E-state index is 12.7. The number of aryl methyl sites for hydroxylation is 1.